The van der Waals surface area contributed by atoms with Gasteiger partial charge < -0.3 is 18.6 Å². The predicted molar refractivity (Wildman–Crippen MR) is 230 cm³/mol. The number of hydrogen-bond acceptors (Lipinski definition) is 4. The number of para-hydroxylation sites is 2. The molecule has 0 bridgehead atoms. The Morgan fingerprint density at radius 2 is 0.782 bits per heavy atom. The summed E-state index contributed by atoms with van der Waals surface area (Å²) < 4.78 is 13.3. The van der Waals surface area contributed by atoms with Crippen molar-refractivity contribution < 1.29 is 8.83 Å². The summed E-state index contributed by atoms with van der Waals surface area (Å²) in [6, 6.07) is 63.8. The first-order valence-corrected chi connectivity index (χ1v) is 18.9. The van der Waals surface area contributed by atoms with Crippen molar-refractivity contribution in [2.75, 3.05) is 9.80 Å². The molecule has 2 aliphatic rings. The van der Waals surface area contributed by atoms with Gasteiger partial charge in [0.1, 0.15) is 22.3 Å². The van der Waals surface area contributed by atoms with Crippen LogP contribution in [0.4, 0.5) is 34.1 Å². The SMILES string of the molecule is c1cc2c3c(c1)N(c1ccc4ccccc4c1)c1cc4c(cc1B3c1cc3oc5ccccc5c3cc1N2c1ccc2ccccc2c1)oc1ccccc14. The van der Waals surface area contributed by atoms with E-state index in [9.17, 15) is 0 Å². The molecule has 254 valence electrons. The van der Waals surface area contributed by atoms with Gasteiger partial charge >= 0.3 is 0 Å². The molecule has 5 heteroatoms. The molecule has 0 fully saturated rings. The molecule has 0 amide bonds. The number of hydrogen-bond donors (Lipinski definition) is 0. The third kappa shape index (κ3) is 4.02. The van der Waals surface area contributed by atoms with Gasteiger partial charge in [0, 0.05) is 55.7 Å². The van der Waals surface area contributed by atoms with E-state index < -0.39 is 0 Å². The zero-order valence-corrected chi connectivity index (χ0v) is 29.5. The lowest BCUT2D eigenvalue weighted by atomic mass is 9.33. The maximum absolute atomic E-state index is 6.63. The molecule has 2 aliphatic heterocycles. The van der Waals surface area contributed by atoms with E-state index in [1.807, 2.05) is 12.1 Å². The Kier molecular flexibility index (Phi) is 5.68. The van der Waals surface area contributed by atoms with Crippen LogP contribution in [0, 0.1) is 0 Å². The van der Waals surface area contributed by atoms with Gasteiger partial charge in [-0.25, -0.2) is 0 Å². The van der Waals surface area contributed by atoms with Crippen LogP contribution >= 0.6 is 0 Å². The highest BCUT2D eigenvalue weighted by Gasteiger charge is 2.44. The van der Waals surface area contributed by atoms with Crippen LogP contribution < -0.4 is 26.2 Å². The van der Waals surface area contributed by atoms with E-state index in [0.29, 0.717) is 0 Å². The minimum absolute atomic E-state index is 0.0835. The van der Waals surface area contributed by atoms with E-state index in [4.69, 9.17) is 8.83 Å². The molecule has 4 heterocycles. The van der Waals surface area contributed by atoms with Gasteiger partial charge in [-0.05, 0) is 111 Å². The fourth-order valence-electron chi connectivity index (χ4n) is 9.55. The summed E-state index contributed by atoms with van der Waals surface area (Å²) in [5.74, 6) is 0. The Balaban J connectivity index is 1.16. The summed E-state index contributed by atoms with van der Waals surface area (Å²) in [6.45, 7) is -0.0835. The number of anilines is 6. The lowest BCUT2D eigenvalue weighted by Gasteiger charge is -2.44. The summed E-state index contributed by atoms with van der Waals surface area (Å²) in [5, 5.41) is 9.32. The molecular weight excluding hydrogens is 671 g/mol. The molecule has 55 heavy (non-hydrogen) atoms. The summed E-state index contributed by atoms with van der Waals surface area (Å²) in [5.41, 5.74) is 14.1. The van der Waals surface area contributed by atoms with Crippen LogP contribution in [0.15, 0.2) is 185 Å². The minimum Gasteiger partial charge on any atom is -0.456 e. The Hall–Kier alpha value is -7.24. The lowest BCUT2D eigenvalue weighted by Crippen LogP contribution is -2.61. The summed E-state index contributed by atoms with van der Waals surface area (Å²) in [7, 11) is 0. The van der Waals surface area contributed by atoms with Crippen molar-refractivity contribution in [1.82, 2.24) is 0 Å². The molecule has 13 rings (SSSR count). The largest absolute Gasteiger partial charge is 0.456 e. The average Bonchev–Trinajstić information content (AvgIpc) is 3.79. The normalized spacial score (nSPS) is 13.3. The molecule has 11 aromatic rings. The Morgan fingerprint density at radius 1 is 0.327 bits per heavy atom. The number of nitrogens with zero attached hydrogens (tertiary/aromatic N) is 2. The number of benzene rings is 9. The van der Waals surface area contributed by atoms with Gasteiger partial charge in [-0.3, -0.25) is 0 Å². The van der Waals surface area contributed by atoms with Gasteiger partial charge in [0.15, 0.2) is 0 Å². The molecule has 4 nitrogen and oxygen atoms in total. The molecule has 0 saturated carbocycles. The molecule has 0 unspecified atom stereocenters. The van der Waals surface area contributed by atoms with Gasteiger partial charge in [0.05, 0.1) is 0 Å². The van der Waals surface area contributed by atoms with Crippen molar-refractivity contribution >= 4 is 123 Å². The van der Waals surface area contributed by atoms with E-state index in [0.717, 1.165) is 66.6 Å². The van der Waals surface area contributed by atoms with E-state index in [2.05, 4.69) is 174 Å². The maximum Gasteiger partial charge on any atom is 0.252 e. The molecular formula is C50H29BN2O2. The van der Waals surface area contributed by atoms with Crippen molar-refractivity contribution in [3.63, 3.8) is 0 Å². The van der Waals surface area contributed by atoms with Crippen LogP contribution in [0.3, 0.4) is 0 Å². The van der Waals surface area contributed by atoms with Crippen molar-refractivity contribution in [2.24, 2.45) is 0 Å². The number of fused-ring (bicyclic) bond motifs is 12. The third-order valence-corrected chi connectivity index (χ3v) is 12.0. The predicted octanol–water partition coefficient (Wildman–Crippen LogP) is 11.9. The van der Waals surface area contributed by atoms with Gasteiger partial charge in [-0.1, -0.05) is 103 Å². The van der Waals surface area contributed by atoms with E-state index in [1.54, 1.807) is 0 Å². The minimum atomic E-state index is -0.0835. The zero-order chi connectivity index (χ0) is 35.8. The van der Waals surface area contributed by atoms with Gasteiger partial charge in [-0.15, -0.1) is 0 Å². The topological polar surface area (TPSA) is 32.8 Å². The average molecular weight is 701 g/mol. The first-order valence-electron chi connectivity index (χ1n) is 18.9. The van der Waals surface area contributed by atoms with Crippen molar-refractivity contribution in [1.29, 1.82) is 0 Å². The first-order chi connectivity index (χ1) is 27.2. The Morgan fingerprint density at radius 3 is 1.29 bits per heavy atom. The monoisotopic (exact) mass is 700 g/mol. The zero-order valence-electron chi connectivity index (χ0n) is 29.5. The second kappa shape index (κ2) is 10.7. The van der Waals surface area contributed by atoms with Crippen molar-refractivity contribution in [3.05, 3.63) is 176 Å². The van der Waals surface area contributed by atoms with Crippen LogP contribution in [0.25, 0.3) is 65.4 Å². The van der Waals surface area contributed by atoms with E-state index >= 15 is 0 Å². The first kappa shape index (κ1) is 29.2. The highest BCUT2D eigenvalue weighted by molar-refractivity contribution is 7.00. The van der Waals surface area contributed by atoms with Crippen molar-refractivity contribution in [2.45, 2.75) is 0 Å². The molecule has 2 aromatic heterocycles. The van der Waals surface area contributed by atoms with Crippen LogP contribution in [0.2, 0.25) is 0 Å². The van der Waals surface area contributed by atoms with Gasteiger partial charge in [-0.2, -0.15) is 0 Å². The Labute approximate surface area is 316 Å². The molecule has 0 N–H and O–H groups in total. The second-order valence-corrected chi connectivity index (χ2v) is 14.9. The fourth-order valence-corrected chi connectivity index (χ4v) is 9.55. The number of furan rings is 2. The van der Waals surface area contributed by atoms with E-state index in [1.165, 1.54) is 49.3 Å². The van der Waals surface area contributed by atoms with Crippen LogP contribution in [-0.2, 0) is 0 Å². The lowest BCUT2D eigenvalue weighted by molar-refractivity contribution is 0.669. The maximum atomic E-state index is 6.63. The smallest absolute Gasteiger partial charge is 0.252 e. The third-order valence-electron chi connectivity index (χ3n) is 12.0. The van der Waals surface area contributed by atoms with Crippen molar-refractivity contribution in [3.8, 4) is 0 Å². The summed E-state index contributed by atoms with van der Waals surface area (Å²) >= 11 is 0. The van der Waals surface area contributed by atoms with Gasteiger partial charge in [0.25, 0.3) is 6.71 Å². The second-order valence-electron chi connectivity index (χ2n) is 14.9. The fraction of sp³-hybridized carbons (Fsp3) is 0. The quantitative estimate of drug-likeness (QED) is 0.168. The van der Waals surface area contributed by atoms with E-state index in [-0.39, 0.29) is 6.71 Å². The van der Waals surface area contributed by atoms with Gasteiger partial charge in [0.2, 0.25) is 0 Å². The number of rotatable bonds is 2. The van der Waals surface area contributed by atoms with Crippen LogP contribution in [-0.4, -0.2) is 6.71 Å². The standard InChI is InChI=1S/C50H29BN2O2/c1-3-12-32-24-34(22-20-30(32)10-1)52-42-16-9-17-43-50(42)51(40-28-48-38(26-44(40)52)36-14-5-7-18-46(36)54-48)41-29-49-39(37-15-6-8-19-47(37)55-49)27-45(41)53(43)35-23-21-31-11-2-4-13-33(31)25-35/h1-29H. The highest BCUT2D eigenvalue weighted by Crippen LogP contribution is 2.47. The molecule has 0 radical (unpaired) electrons. The Bertz CT molecular complexity index is 3210. The molecule has 0 atom stereocenters. The molecule has 0 saturated heterocycles. The molecule has 0 aliphatic carbocycles. The van der Waals surface area contributed by atoms with Crippen LogP contribution in [0.5, 0.6) is 0 Å². The summed E-state index contributed by atoms with van der Waals surface area (Å²) in [4.78, 5) is 4.95. The summed E-state index contributed by atoms with van der Waals surface area (Å²) in [6.07, 6.45) is 0. The highest BCUT2D eigenvalue weighted by atomic mass is 16.3. The molecule has 9 aromatic carbocycles. The molecule has 0 spiro atoms. The van der Waals surface area contributed by atoms with Crippen LogP contribution in [0.1, 0.15) is 0 Å².